The lowest BCUT2D eigenvalue weighted by atomic mass is 9.90. The highest BCUT2D eigenvalue weighted by Crippen LogP contribution is 2.31. The Balaban J connectivity index is 2.20. The molecule has 0 unspecified atom stereocenters. The van der Waals surface area contributed by atoms with Crippen LogP contribution in [-0.4, -0.2) is 42.8 Å². The first-order valence-corrected chi connectivity index (χ1v) is 7.32. The fourth-order valence-corrected chi connectivity index (χ4v) is 2.59. The van der Waals surface area contributed by atoms with Crippen LogP contribution in [-0.2, 0) is 16.7 Å². The molecule has 1 aromatic heterocycles. The minimum Gasteiger partial charge on any atom is -0.455 e. The number of nitrogens with two attached hydrogens (primary N) is 1. The van der Waals surface area contributed by atoms with Gasteiger partial charge in [0.15, 0.2) is 11.9 Å². The van der Waals surface area contributed by atoms with Crippen LogP contribution in [0.25, 0.3) is 0 Å². The highest BCUT2D eigenvalue weighted by molar-refractivity contribution is 5.90. The molecule has 1 aliphatic rings. The normalized spacial score (nSPS) is 20.7. The average molecular weight is 334 g/mol. The van der Waals surface area contributed by atoms with Crippen molar-refractivity contribution in [3.8, 4) is 0 Å². The van der Waals surface area contributed by atoms with Gasteiger partial charge in [-0.15, -0.1) is 0 Å². The monoisotopic (exact) mass is 334 g/mol. The summed E-state index contributed by atoms with van der Waals surface area (Å²) >= 11 is 0. The van der Waals surface area contributed by atoms with E-state index in [2.05, 4.69) is 0 Å². The van der Waals surface area contributed by atoms with Crippen molar-refractivity contribution < 1.29 is 27.1 Å². The van der Waals surface area contributed by atoms with Gasteiger partial charge in [-0.25, -0.2) is 0 Å². The van der Waals surface area contributed by atoms with Crippen molar-refractivity contribution in [1.82, 2.24) is 4.90 Å². The van der Waals surface area contributed by atoms with Crippen LogP contribution < -0.4 is 5.73 Å². The number of amides is 1. The van der Waals surface area contributed by atoms with Crippen molar-refractivity contribution in [2.75, 3.05) is 19.7 Å². The molecule has 5 nitrogen and oxygen atoms in total. The van der Waals surface area contributed by atoms with E-state index in [1.807, 2.05) is 20.8 Å². The van der Waals surface area contributed by atoms with E-state index in [1.54, 1.807) is 4.90 Å². The largest absolute Gasteiger partial charge is 0.455 e. The molecule has 1 aromatic rings. The molecule has 1 fully saturated rings. The molecule has 130 valence electrons. The zero-order valence-corrected chi connectivity index (χ0v) is 13.4. The number of hydrogen-bond donors (Lipinski definition) is 1. The van der Waals surface area contributed by atoms with E-state index in [-0.39, 0.29) is 25.5 Å². The molecule has 1 saturated heterocycles. The molecule has 1 aliphatic heterocycles. The number of primary amides is 1. The van der Waals surface area contributed by atoms with Crippen LogP contribution in [0, 0.1) is 0 Å². The van der Waals surface area contributed by atoms with Crippen LogP contribution in [0.15, 0.2) is 10.5 Å². The molecule has 1 amide bonds. The Hall–Kier alpha value is -1.54. The Labute approximate surface area is 132 Å². The molecule has 2 heterocycles. The number of rotatable bonds is 3. The molecule has 8 heteroatoms. The third kappa shape index (κ3) is 4.26. The second-order valence-corrected chi connectivity index (χ2v) is 6.72. The first-order valence-electron chi connectivity index (χ1n) is 7.32. The van der Waals surface area contributed by atoms with Gasteiger partial charge in [-0.05, 0) is 6.07 Å². The zero-order valence-electron chi connectivity index (χ0n) is 13.4. The molecule has 0 spiro atoms. The standard InChI is InChI=1S/C15H21F3N2O3/c1-14(2,3)12-9(6-10(23-12)13(19)21)7-20-4-5-22-11(8-20)15(16,17)18/h6,11H,4-5,7-8H2,1-3H3,(H2,19,21)/t11-/m0/s1. The maximum absolute atomic E-state index is 12.8. The van der Waals surface area contributed by atoms with Gasteiger partial charge in [0.25, 0.3) is 5.91 Å². The van der Waals surface area contributed by atoms with Gasteiger partial charge in [-0.1, -0.05) is 20.8 Å². The number of nitrogens with zero attached hydrogens (tertiary/aromatic N) is 1. The molecule has 0 saturated carbocycles. The summed E-state index contributed by atoms with van der Waals surface area (Å²) in [6, 6.07) is 1.51. The van der Waals surface area contributed by atoms with Crippen molar-refractivity contribution in [2.45, 2.75) is 45.0 Å². The van der Waals surface area contributed by atoms with Gasteiger partial charge in [-0.3, -0.25) is 9.69 Å². The van der Waals surface area contributed by atoms with Crippen molar-refractivity contribution >= 4 is 5.91 Å². The third-order valence-corrected chi connectivity index (χ3v) is 3.64. The number of ether oxygens (including phenoxy) is 1. The molecule has 0 radical (unpaired) electrons. The minimum absolute atomic E-state index is 0.00948. The lowest BCUT2D eigenvalue weighted by Crippen LogP contribution is -2.48. The van der Waals surface area contributed by atoms with Gasteiger partial charge in [0.2, 0.25) is 0 Å². The fraction of sp³-hybridized carbons (Fsp3) is 0.667. The second kappa shape index (κ2) is 6.16. The van der Waals surface area contributed by atoms with Crippen LogP contribution in [0.5, 0.6) is 0 Å². The summed E-state index contributed by atoms with van der Waals surface area (Å²) in [7, 11) is 0. The van der Waals surface area contributed by atoms with E-state index >= 15 is 0 Å². The number of morpholine rings is 1. The minimum atomic E-state index is -4.39. The summed E-state index contributed by atoms with van der Waals surface area (Å²) in [6.07, 6.45) is -6.18. The van der Waals surface area contributed by atoms with Crippen molar-refractivity contribution in [2.24, 2.45) is 5.73 Å². The molecular formula is C15H21F3N2O3. The van der Waals surface area contributed by atoms with Crippen LogP contribution in [0.1, 0.15) is 42.6 Å². The predicted octanol–water partition coefficient (Wildman–Crippen LogP) is 2.44. The number of hydrogen-bond acceptors (Lipinski definition) is 4. The van der Waals surface area contributed by atoms with E-state index in [4.69, 9.17) is 14.9 Å². The summed E-state index contributed by atoms with van der Waals surface area (Å²) in [6.45, 7) is 6.10. The number of halogens is 3. The highest BCUT2D eigenvalue weighted by atomic mass is 19.4. The number of carbonyl (C=O) groups is 1. The number of carbonyl (C=O) groups excluding carboxylic acids is 1. The van der Waals surface area contributed by atoms with Gasteiger partial charge in [-0.2, -0.15) is 13.2 Å². The fourth-order valence-electron chi connectivity index (χ4n) is 2.59. The number of furan rings is 1. The van der Waals surface area contributed by atoms with Crippen LogP contribution in [0.3, 0.4) is 0 Å². The molecule has 1 atom stereocenters. The summed E-state index contributed by atoms with van der Waals surface area (Å²) < 4.78 is 48.7. The summed E-state index contributed by atoms with van der Waals surface area (Å²) in [5, 5.41) is 0. The summed E-state index contributed by atoms with van der Waals surface area (Å²) in [5.74, 6) is -0.121. The Morgan fingerprint density at radius 3 is 2.57 bits per heavy atom. The van der Waals surface area contributed by atoms with E-state index < -0.39 is 23.6 Å². The van der Waals surface area contributed by atoms with Gasteiger partial charge >= 0.3 is 6.18 Å². The van der Waals surface area contributed by atoms with E-state index in [0.717, 1.165) is 0 Å². The smallest absolute Gasteiger partial charge is 0.415 e. The first-order chi connectivity index (χ1) is 10.5. The SMILES string of the molecule is CC(C)(C)c1oc(C(N)=O)cc1CN1CCO[C@H](C(F)(F)F)C1. The van der Waals surface area contributed by atoms with Crippen LogP contribution in [0.2, 0.25) is 0 Å². The highest BCUT2D eigenvalue weighted by Gasteiger charge is 2.43. The molecule has 0 aromatic carbocycles. The molecule has 2 N–H and O–H groups in total. The lowest BCUT2D eigenvalue weighted by molar-refractivity contribution is -0.237. The van der Waals surface area contributed by atoms with Crippen molar-refractivity contribution in [1.29, 1.82) is 0 Å². The lowest BCUT2D eigenvalue weighted by Gasteiger charge is -2.34. The van der Waals surface area contributed by atoms with Gasteiger partial charge in [0.05, 0.1) is 6.61 Å². The van der Waals surface area contributed by atoms with E-state index in [9.17, 15) is 18.0 Å². The topological polar surface area (TPSA) is 68.7 Å². The van der Waals surface area contributed by atoms with Gasteiger partial charge < -0.3 is 14.9 Å². The summed E-state index contributed by atoms with van der Waals surface area (Å²) in [4.78, 5) is 13.0. The predicted molar refractivity (Wildman–Crippen MR) is 77.0 cm³/mol. The molecule has 2 rings (SSSR count). The molecular weight excluding hydrogens is 313 g/mol. The second-order valence-electron chi connectivity index (χ2n) is 6.72. The molecule has 23 heavy (non-hydrogen) atoms. The maximum atomic E-state index is 12.8. The Bertz CT molecular complexity index is 576. The Kier molecular flexibility index (Phi) is 4.77. The van der Waals surface area contributed by atoms with Crippen LogP contribution >= 0.6 is 0 Å². The summed E-state index contributed by atoms with van der Waals surface area (Å²) in [5.41, 5.74) is 5.52. The van der Waals surface area contributed by atoms with Crippen LogP contribution in [0.4, 0.5) is 13.2 Å². The third-order valence-electron chi connectivity index (χ3n) is 3.64. The maximum Gasteiger partial charge on any atom is 0.415 e. The average Bonchev–Trinajstić information content (AvgIpc) is 2.82. The first kappa shape index (κ1) is 17.8. The van der Waals surface area contributed by atoms with E-state index in [0.29, 0.717) is 17.9 Å². The van der Waals surface area contributed by atoms with E-state index in [1.165, 1.54) is 6.07 Å². The van der Waals surface area contributed by atoms with Crippen molar-refractivity contribution in [3.05, 3.63) is 23.2 Å². The quantitative estimate of drug-likeness (QED) is 0.922. The zero-order chi connectivity index (χ0) is 17.4. The van der Waals surface area contributed by atoms with Gasteiger partial charge in [0.1, 0.15) is 5.76 Å². The number of alkyl halides is 3. The Morgan fingerprint density at radius 2 is 2.04 bits per heavy atom. The molecule has 0 aliphatic carbocycles. The van der Waals surface area contributed by atoms with Gasteiger partial charge in [0, 0.05) is 30.6 Å². The Morgan fingerprint density at radius 1 is 1.39 bits per heavy atom. The van der Waals surface area contributed by atoms with Crippen molar-refractivity contribution in [3.63, 3.8) is 0 Å². The molecule has 0 bridgehead atoms.